The van der Waals surface area contributed by atoms with Gasteiger partial charge in [-0.15, -0.1) is 0 Å². The van der Waals surface area contributed by atoms with Gasteiger partial charge in [0.05, 0.1) is 24.1 Å². The average Bonchev–Trinajstić information content (AvgIpc) is 3.32. The van der Waals surface area contributed by atoms with E-state index in [1.165, 1.54) is 0 Å². The Morgan fingerprint density at radius 3 is 2.81 bits per heavy atom. The molecular weight excluding hydrogens is 334 g/mol. The molecule has 0 saturated carbocycles. The zero-order valence-electron chi connectivity index (χ0n) is 14.9. The molecule has 138 valence electrons. The summed E-state index contributed by atoms with van der Waals surface area (Å²) in [7, 11) is 1.86. The smallest absolute Gasteiger partial charge is 0.257 e. The van der Waals surface area contributed by atoms with Gasteiger partial charge in [-0.25, -0.2) is 4.98 Å². The molecule has 0 aliphatic carbocycles. The molecule has 0 bridgehead atoms. The van der Waals surface area contributed by atoms with E-state index < -0.39 is 0 Å². The van der Waals surface area contributed by atoms with Gasteiger partial charge in [0.1, 0.15) is 6.10 Å². The minimum Gasteiger partial charge on any atom is -0.473 e. The first-order valence-electron chi connectivity index (χ1n) is 9.04. The van der Waals surface area contributed by atoms with E-state index in [0.29, 0.717) is 31.1 Å². The fourth-order valence-corrected chi connectivity index (χ4v) is 3.59. The van der Waals surface area contributed by atoms with E-state index >= 15 is 0 Å². The highest BCUT2D eigenvalue weighted by atomic mass is 16.5. The number of piperidine rings is 1. The Morgan fingerprint density at radius 1 is 1.27 bits per heavy atom. The number of carbonyl (C=O) groups excluding carboxylic acids is 1. The van der Waals surface area contributed by atoms with Gasteiger partial charge >= 0.3 is 0 Å². The number of aryl methyl sites for hydroxylation is 1. The second kappa shape index (κ2) is 7.41. The summed E-state index contributed by atoms with van der Waals surface area (Å²) in [4.78, 5) is 23.1. The lowest BCUT2D eigenvalue weighted by Crippen LogP contribution is -2.42. The second-order valence-corrected chi connectivity index (χ2v) is 6.82. The molecule has 4 heterocycles. The molecule has 2 aromatic rings. The Kier molecular flexibility index (Phi) is 4.83. The van der Waals surface area contributed by atoms with Gasteiger partial charge in [0, 0.05) is 64.1 Å². The maximum atomic E-state index is 13.0. The van der Waals surface area contributed by atoms with Gasteiger partial charge in [-0.3, -0.25) is 14.5 Å². The topological polar surface area (TPSA) is 82.4 Å². The predicted octanol–water partition coefficient (Wildman–Crippen LogP) is 1.40. The first kappa shape index (κ1) is 17.0. The van der Waals surface area contributed by atoms with E-state index in [1.807, 2.05) is 18.1 Å². The zero-order chi connectivity index (χ0) is 17.9. The second-order valence-electron chi connectivity index (χ2n) is 6.82. The zero-order valence-corrected chi connectivity index (χ0v) is 14.9. The fourth-order valence-electron chi connectivity index (χ4n) is 3.59. The van der Waals surface area contributed by atoms with Crippen LogP contribution in [0.1, 0.15) is 41.2 Å². The van der Waals surface area contributed by atoms with Crippen LogP contribution in [0.2, 0.25) is 0 Å². The van der Waals surface area contributed by atoms with Gasteiger partial charge in [-0.05, 0) is 6.42 Å². The third kappa shape index (κ3) is 3.55. The lowest BCUT2D eigenvalue weighted by molar-refractivity contribution is 0.0585. The molecule has 2 aliphatic rings. The highest BCUT2D eigenvalue weighted by Crippen LogP contribution is 2.28. The highest BCUT2D eigenvalue weighted by Gasteiger charge is 2.31. The molecule has 8 heteroatoms. The minimum atomic E-state index is 0.0537. The van der Waals surface area contributed by atoms with Crippen LogP contribution in [0.4, 0.5) is 0 Å². The van der Waals surface area contributed by atoms with E-state index in [-0.39, 0.29) is 17.9 Å². The normalized spacial score (nSPS) is 21.1. The molecule has 2 saturated heterocycles. The van der Waals surface area contributed by atoms with Crippen molar-refractivity contribution >= 4 is 5.91 Å². The fraction of sp³-hybridized carbons (Fsp3) is 0.556. The maximum absolute atomic E-state index is 13.0. The number of aromatic nitrogens is 4. The average molecular weight is 357 g/mol. The summed E-state index contributed by atoms with van der Waals surface area (Å²) in [5.41, 5.74) is 1.57. The van der Waals surface area contributed by atoms with Gasteiger partial charge in [0.15, 0.2) is 0 Å². The van der Waals surface area contributed by atoms with Crippen molar-refractivity contribution in [2.75, 3.05) is 26.3 Å². The molecule has 2 fully saturated rings. The Hall–Kier alpha value is -2.48. The van der Waals surface area contributed by atoms with Gasteiger partial charge in [-0.1, -0.05) is 0 Å². The monoisotopic (exact) mass is 357 g/mol. The largest absolute Gasteiger partial charge is 0.473 e. The SMILES string of the molecule is Cn1cc(C(=O)N2CCC(Oc3cnccn3)CC2)c(C2CCOC2)n1. The molecule has 0 N–H and O–H groups in total. The maximum Gasteiger partial charge on any atom is 0.257 e. The molecule has 0 spiro atoms. The quantitative estimate of drug-likeness (QED) is 0.823. The molecule has 0 aromatic carbocycles. The van der Waals surface area contributed by atoms with Gasteiger partial charge in [0.2, 0.25) is 5.88 Å². The van der Waals surface area contributed by atoms with Crippen molar-refractivity contribution in [2.24, 2.45) is 7.05 Å². The van der Waals surface area contributed by atoms with Crippen LogP contribution in [0.5, 0.6) is 5.88 Å². The van der Waals surface area contributed by atoms with Gasteiger partial charge in [-0.2, -0.15) is 5.10 Å². The summed E-state index contributed by atoms with van der Waals surface area (Å²) >= 11 is 0. The number of ether oxygens (including phenoxy) is 2. The van der Waals surface area contributed by atoms with Crippen molar-refractivity contribution in [3.63, 3.8) is 0 Å². The standard InChI is InChI=1S/C18H23N5O3/c1-22-11-15(17(21-22)13-4-9-25-12-13)18(24)23-7-2-14(3-8-23)26-16-10-19-5-6-20-16/h5-6,10-11,13-14H,2-4,7-9,12H2,1H3. The third-order valence-electron chi connectivity index (χ3n) is 4.96. The first-order valence-corrected chi connectivity index (χ1v) is 9.04. The third-order valence-corrected chi connectivity index (χ3v) is 4.96. The van der Waals surface area contributed by atoms with Crippen LogP contribution in [0, 0.1) is 0 Å². The molecule has 4 rings (SSSR count). The number of carbonyl (C=O) groups is 1. The van der Waals surface area contributed by atoms with Crippen molar-refractivity contribution in [3.05, 3.63) is 36.0 Å². The first-order chi connectivity index (χ1) is 12.7. The number of hydrogen-bond donors (Lipinski definition) is 0. The van der Waals surface area contributed by atoms with E-state index in [0.717, 1.165) is 31.6 Å². The van der Waals surface area contributed by atoms with Gasteiger partial charge in [0.25, 0.3) is 5.91 Å². The molecule has 8 nitrogen and oxygen atoms in total. The summed E-state index contributed by atoms with van der Waals surface area (Å²) in [6, 6.07) is 0. The van der Waals surface area contributed by atoms with Crippen LogP contribution in [0.3, 0.4) is 0 Å². The molecule has 1 amide bonds. The van der Waals surface area contributed by atoms with Crippen LogP contribution in [-0.4, -0.2) is 63.0 Å². The number of hydrogen-bond acceptors (Lipinski definition) is 6. The summed E-state index contributed by atoms with van der Waals surface area (Å²) in [5, 5.41) is 4.53. The van der Waals surface area contributed by atoms with E-state index in [4.69, 9.17) is 9.47 Å². The predicted molar refractivity (Wildman–Crippen MR) is 93.0 cm³/mol. The Bertz CT molecular complexity index is 749. The Labute approximate surface area is 152 Å². The van der Waals surface area contributed by atoms with Crippen LogP contribution in [0.15, 0.2) is 24.8 Å². The molecule has 26 heavy (non-hydrogen) atoms. The summed E-state index contributed by atoms with van der Waals surface area (Å²) in [5.74, 6) is 0.804. The van der Waals surface area contributed by atoms with Crippen molar-refractivity contribution in [1.29, 1.82) is 0 Å². The highest BCUT2D eigenvalue weighted by molar-refractivity contribution is 5.95. The van der Waals surface area contributed by atoms with Crippen molar-refractivity contribution in [2.45, 2.75) is 31.3 Å². The lowest BCUT2D eigenvalue weighted by atomic mass is 9.99. The molecule has 1 atom stereocenters. The summed E-state index contributed by atoms with van der Waals surface area (Å²) in [6.45, 7) is 2.71. The molecule has 2 aromatic heterocycles. The van der Waals surface area contributed by atoms with Crippen LogP contribution >= 0.6 is 0 Å². The van der Waals surface area contributed by atoms with Crippen molar-refractivity contribution < 1.29 is 14.3 Å². The molecule has 0 radical (unpaired) electrons. The van der Waals surface area contributed by atoms with Crippen molar-refractivity contribution in [3.8, 4) is 5.88 Å². The van der Waals surface area contributed by atoms with Gasteiger partial charge < -0.3 is 14.4 Å². The molecule has 1 unspecified atom stereocenters. The summed E-state index contributed by atoms with van der Waals surface area (Å²) < 4.78 is 13.1. The van der Waals surface area contributed by atoms with Crippen molar-refractivity contribution in [1.82, 2.24) is 24.6 Å². The number of rotatable bonds is 4. The Balaban J connectivity index is 1.39. The van der Waals surface area contributed by atoms with Crippen LogP contribution in [0.25, 0.3) is 0 Å². The summed E-state index contributed by atoms with van der Waals surface area (Å²) in [6.07, 6.45) is 9.23. The number of amides is 1. The van der Waals surface area contributed by atoms with E-state index in [1.54, 1.807) is 23.3 Å². The van der Waals surface area contributed by atoms with E-state index in [9.17, 15) is 4.79 Å². The number of likely N-dealkylation sites (tertiary alicyclic amines) is 1. The van der Waals surface area contributed by atoms with Crippen LogP contribution < -0.4 is 4.74 Å². The number of nitrogens with zero attached hydrogens (tertiary/aromatic N) is 5. The lowest BCUT2D eigenvalue weighted by Gasteiger charge is -2.32. The van der Waals surface area contributed by atoms with Crippen LogP contribution in [-0.2, 0) is 11.8 Å². The Morgan fingerprint density at radius 2 is 2.12 bits per heavy atom. The van der Waals surface area contributed by atoms with E-state index in [2.05, 4.69) is 15.1 Å². The molecule has 2 aliphatic heterocycles. The minimum absolute atomic E-state index is 0.0537. The molecular formula is C18H23N5O3.